The van der Waals surface area contributed by atoms with Gasteiger partial charge in [0.15, 0.2) is 0 Å². The van der Waals surface area contributed by atoms with E-state index in [2.05, 4.69) is 11.5 Å². The van der Waals surface area contributed by atoms with Gasteiger partial charge in [0.25, 0.3) is 0 Å². The van der Waals surface area contributed by atoms with Crippen LogP contribution in [0.2, 0.25) is 0 Å². The molecule has 2 aliphatic rings. The molecule has 1 saturated heterocycles. The SMILES string of the molecule is C=CC(=O)N1C[C@H](C)n2nc(-c3nc(-c4ccc5c(ccn5C)c4)c4scc(F)c4c3-c3c(F)cc(F)cc3OCC3CN(C)C3)cc2[C@H]1C. The van der Waals surface area contributed by atoms with Gasteiger partial charge in [0, 0.05) is 83.7 Å². The maximum atomic E-state index is 16.3. The number of hydrogen-bond donors (Lipinski definition) is 0. The molecule has 0 unspecified atom stereocenters. The molecule has 6 heterocycles. The number of thiophene rings is 1. The zero-order valence-corrected chi connectivity index (χ0v) is 28.9. The summed E-state index contributed by atoms with van der Waals surface area (Å²) in [5.74, 6) is -2.30. The summed E-state index contributed by atoms with van der Waals surface area (Å²) in [5.41, 5.74) is 3.67. The molecule has 2 atom stereocenters. The maximum Gasteiger partial charge on any atom is 0.246 e. The van der Waals surface area contributed by atoms with Gasteiger partial charge in [-0.25, -0.2) is 18.2 Å². The third-order valence-corrected chi connectivity index (χ3v) is 10.9. The van der Waals surface area contributed by atoms with Crippen LogP contribution in [-0.4, -0.2) is 68.3 Å². The van der Waals surface area contributed by atoms with Crippen LogP contribution in [0.5, 0.6) is 5.75 Å². The van der Waals surface area contributed by atoms with Crippen molar-refractivity contribution in [3.05, 3.63) is 89.8 Å². The van der Waals surface area contributed by atoms with Crippen molar-refractivity contribution < 1.29 is 22.7 Å². The fourth-order valence-electron chi connectivity index (χ4n) is 7.45. The molecule has 1 fully saturated rings. The van der Waals surface area contributed by atoms with Crippen LogP contribution >= 0.6 is 11.3 Å². The minimum atomic E-state index is -0.896. The summed E-state index contributed by atoms with van der Waals surface area (Å²) in [6.07, 6.45) is 3.26. The van der Waals surface area contributed by atoms with E-state index in [0.717, 1.165) is 47.4 Å². The molecule has 1 amide bonds. The molecule has 0 aliphatic carbocycles. The highest BCUT2D eigenvalue weighted by atomic mass is 32.1. The Morgan fingerprint density at radius 2 is 1.82 bits per heavy atom. The molecule has 12 heteroatoms. The lowest BCUT2D eigenvalue weighted by atomic mass is 9.94. The smallest absolute Gasteiger partial charge is 0.246 e. The second-order valence-corrected chi connectivity index (χ2v) is 14.3. The molecule has 8 rings (SSSR count). The monoisotopic (exact) mass is 696 g/mol. The van der Waals surface area contributed by atoms with Crippen molar-refractivity contribution in [3.8, 4) is 39.5 Å². The van der Waals surface area contributed by atoms with Crippen molar-refractivity contribution in [1.29, 1.82) is 0 Å². The number of ether oxygens (including phenoxy) is 1. The van der Waals surface area contributed by atoms with Crippen molar-refractivity contribution in [3.63, 3.8) is 0 Å². The Morgan fingerprint density at radius 3 is 2.58 bits per heavy atom. The number of aryl methyl sites for hydroxylation is 1. The third-order valence-electron chi connectivity index (χ3n) is 9.95. The Kier molecular flexibility index (Phi) is 7.83. The fourth-order valence-corrected chi connectivity index (χ4v) is 8.38. The van der Waals surface area contributed by atoms with Crippen molar-refractivity contribution in [2.45, 2.75) is 25.9 Å². The first kappa shape index (κ1) is 32.3. The predicted molar refractivity (Wildman–Crippen MR) is 190 cm³/mol. The summed E-state index contributed by atoms with van der Waals surface area (Å²) in [4.78, 5) is 21.8. The molecule has 6 aromatic rings. The number of hydrogen-bond acceptors (Lipinski definition) is 6. The summed E-state index contributed by atoms with van der Waals surface area (Å²) < 4.78 is 58.0. The largest absolute Gasteiger partial charge is 0.492 e. The van der Waals surface area contributed by atoms with Gasteiger partial charge in [-0.1, -0.05) is 12.6 Å². The topological polar surface area (TPSA) is 68.4 Å². The molecule has 0 N–H and O–H groups in total. The standard InChI is InChI=1S/C38H35F3N6O2S/c1-6-32(48)46-15-20(2)47-30(21(46)3)14-28(43-47)37-35(33-26(40)12-25(39)13-31(33)49-18-22-16-44(4)17-22)34-27(41)19-50-38(34)36(42-37)24-7-8-29-23(11-24)9-10-45(29)5/h6-14,19-22H,1,15-18H2,2-5H3/t20-,21+/m0/s1. The Morgan fingerprint density at radius 1 is 1.02 bits per heavy atom. The second-order valence-electron chi connectivity index (χ2n) is 13.4. The van der Waals surface area contributed by atoms with Crippen LogP contribution in [0.4, 0.5) is 13.2 Å². The van der Waals surface area contributed by atoms with Gasteiger partial charge in [-0.15, -0.1) is 11.3 Å². The molecule has 256 valence electrons. The van der Waals surface area contributed by atoms with Gasteiger partial charge >= 0.3 is 0 Å². The highest BCUT2D eigenvalue weighted by Crippen LogP contribution is 2.48. The zero-order valence-electron chi connectivity index (χ0n) is 28.1. The van der Waals surface area contributed by atoms with Crippen LogP contribution in [0.1, 0.15) is 31.6 Å². The number of rotatable bonds is 7. The highest BCUT2D eigenvalue weighted by molar-refractivity contribution is 7.17. The summed E-state index contributed by atoms with van der Waals surface area (Å²) in [6, 6.07) is 11.1. The van der Waals surface area contributed by atoms with E-state index in [-0.39, 0.29) is 58.5 Å². The number of carbonyl (C=O) groups excluding carboxylic acids is 1. The van der Waals surface area contributed by atoms with E-state index in [1.807, 2.05) is 73.7 Å². The number of fused-ring (bicyclic) bond motifs is 3. The van der Waals surface area contributed by atoms with Crippen molar-refractivity contribution >= 4 is 38.2 Å². The van der Waals surface area contributed by atoms with Gasteiger partial charge in [0.1, 0.15) is 34.6 Å². The van der Waals surface area contributed by atoms with Gasteiger partial charge < -0.3 is 19.1 Å². The molecule has 0 spiro atoms. The molecule has 0 radical (unpaired) electrons. The average molecular weight is 697 g/mol. The van der Waals surface area contributed by atoms with E-state index in [1.165, 1.54) is 22.8 Å². The van der Waals surface area contributed by atoms with E-state index in [4.69, 9.17) is 14.8 Å². The van der Waals surface area contributed by atoms with E-state index < -0.39 is 17.5 Å². The third kappa shape index (κ3) is 5.20. The van der Waals surface area contributed by atoms with Crippen LogP contribution in [0.25, 0.3) is 54.8 Å². The predicted octanol–water partition coefficient (Wildman–Crippen LogP) is 7.99. The number of likely N-dealkylation sites (tertiary alicyclic amines) is 1. The minimum Gasteiger partial charge on any atom is -0.492 e. The van der Waals surface area contributed by atoms with E-state index in [1.54, 1.807) is 4.90 Å². The summed E-state index contributed by atoms with van der Waals surface area (Å²) in [7, 11) is 3.96. The Bertz CT molecular complexity index is 2340. The van der Waals surface area contributed by atoms with Gasteiger partial charge in [0.05, 0.1) is 40.3 Å². The maximum absolute atomic E-state index is 16.3. The van der Waals surface area contributed by atoms with Crippen LogP contribution in [0.15, 0.2) is 66.7 Å². The Balaban J connectivity index is 1.40. The van der Waals surface area contributed by atoms with Gasteiger partial charge in [-0.3, -0.25) is 9.48 Å². The zero-order chi connectivity index (χ0) is 35.0. The number of aromatic nitrogens is 4. The number of benzene rings is 2. The second kappa shape index (κ2) is 12.1. The average Bonchev–Trinajstić information content (AvgIpc) is 3.80. The highest BCUT2D eigenvalue weighted by Gasteiger charge is 2.35. The fraction of sp³-hybridized carbons (Fsp3) is 0.289. The number of amides is 1. The van der Waals surface area contributed by atoms with Gasteiger partial charge in [-0.2, -0.15) is 5.10 Å². The summed E-state index contributed by atoms with van der Waals surface area (Å²) >= 11 is 1.17. The van der Waals surface area contributed by atoms with Crippen LogP contribution < -0.4 is 4.74 Å². The van der Waals surface area contributed by atoms with Crippen molar-refractivity contribution in [2.75, 3.05) is 33.3 Å². The summed E-state index contributed by atoms with van der Waals surface area (Å²) in [6.45, 7) is 9.77. The van der Waals surface area contributed by atoms with E-state index >= 15 is 8.78 Å². The van der Waals surface area contributed by atoms with Crippen LogP contribution in [0.3, 0.4) is 0 Å². The Hall–Kier alpha value is -4.94. The first-order valence-electron chi connectivity index (χ1n) is 16.5. The molecule has 0 saturated carbocycles. The van der Waals surface area contributed by atoms with Crippen molar-refractivity contribution in [2.24, 2.45) is 13.0 Å². The molecular formula is C38H35F3N6O2S. The number of carbonyl (C=O) groups is 1. The van der Waals surface area contributed by atoms with Gasteiger partial charge in [0.2, 0.25) is 5.91 Å². The number of halogens is 3. The van der Waals surface area contributed by atoms with E-state index in [9.17, 15) is 9.18 Å². The minimum absolute atomic E-state index is 0.0288. The first-order chi connectivity index (χ1) is 24.0. The normalized spacial score (nSPS) is 18.1. The lowest BCUT2D eigenvalue weighted by Crippen LogP contribution is -2.46. The molecule has 2 aromatic carbocycles. The molecular weight excluding hydrogens is 662 g/mol. The summed E-state index contributed by atoms with van der Waals surface area (Å²) in [5, 5.41) is 7.49. The molecule has 50 heavy (non-hydrogen) atoms. The van der Waals surface area contributed by atoms with Crippen LogP contribution in [0, 0.1) is 23.4 Å². The van der Waals surface area contributed by atoms with Crippen molar-refractivity contribution in [1.82, 2.24) is 29.1 Å². The molecule has 0 bridgehead atoms. The Labute approximate surface area is 291 Å². The first-order valence-corrected chi connectivity index (χ1v) is 17.4. The molecule has 8 nitrogen and oxygen atoms in total. The number of pyridine rings is 1. The quantitative estimate of drug-likeness (QED) is 0.158. The van der Waals surface area contributed by atoms with Crippen LogP contribution in [-0.2, 0) is 11.8 Å². The molecule has 4 aromatic heterocycles. The lowest BCUT2D eigenvalue weighted by Gasteiger charge is -2.36. The number of nitrogens with zero attached hydrogens (tertiary/aromatic N) is 6. The van der Waals surface area contributed by atoms with E-state index in [0.29, 0.717) is 22.6 Å². The lowest BCUT2D eigenvalue weighted by molar-refractivity contribution is -0.129. The van der Waals surface area contributed by atoms with Gasteiger partial charge in [-0.05, 0) is 51.2 Å². The molecule has 2 aliphatic heterocycles.